The molecule has 0 aliphatic rings. The summed E-state index contributed by atoms with van der Waals surface area (Å²) in [5.41, 5.74) is 3.07. The van der Waals surface area contributed by atoms with Gasteiger partial charge in [-0.1, -0.05) is 18.2 Å². The van der Waals surface area contributed by atoms with Crippen LogP contribution >= 0.6 is 15.9 Å². The molecule has 0 saturated carbocycles. The highest BCUT2D eigenvalue weighted by atomic mass is 79.9. The van der Waals surface area contributed by atoms with E-state index in [0.717, 1.165) is 27.2 Å². The molecule has 2 heterocycles. The Bertz CT molecular complexity index is 689. The Morgan fingerprint density at radius 2 is 2.00 bits per heavy atom. The molecular weight excluding hydrogens is 316 g/mol. The maximum atomic E-state index is 4.59. The summed E-state index contributed by atoms with van der Waals surface area (Å²) in [6.45, 7) is 2.80. The monoisotopic (exact) mass is 330 g/mol. The number of hydrogen-bond donors (Lipinski definition) is 2. The molecule has 20 heavy (non-hydrogen) atoms. The van der Waals surface area contributed by atoms with Gasteiger partial charge >= 0.3 is 0 Å². The highest BCUT2D eigenvalue weighted by Gasteiger charge is 2.10. The molecule has 2 aromatic heterocycles. The Morgan fingerprint density at radius 3 is 2.80 bits per heavy atom. The average Bonchev–Trinajstić information content (AvgIpc) is 2.89. The Labute approximate surface area is 125 Å². The zero-order chi connectivity index (χ0) is 13.9. The predicted molar refractivity (Wildman–Crippen MR) is 83.3 cm³/mol. The molecule has 102 valence electrons. The van der Waals surface area contributed by atoms with Crippen molar-refractivity contribution in [3.05, 3.63) is 58.6 Å². The van der Waals surface area contributed by atoms with Crippen LogP contribution < -0.4 is 5.32 Å². The van der Waals surface area contributed by atoms with Crippen LogP contribution in [0, 0.1) is 0 Å². The Balaban J connectivity index is 1.71. The third-order valence-corrected chi connectivity index (χ3v) is 3.62. The van der Waals surface area contributed by atoms with Crippen LogP contribution in [0.3, 0.4) is 0 Å². The lowest BCUT2D eigenvalue weighted by molar-refractivity contribution is 0.546. The van der Waals surface area contributed by atoms with Gasteiger partial charge in [-0.15, -0.1) is 0 Å². The molecule has 5 heteroatoms. The van der Waals surface area contributed by atoms with E-state index in [9.17, 15) is 0 Å². The summed E-state index contributed by atoms with van der Waals surface area (Å²) in [5, 5.41) is 3.43. The van der Waals surface area contributed by atoms with E-state index in [2.05, 4.69) is 43.1 Å². The topological polar surface area (TPSA) is 53.6 Å². The molecular formula is C15H15BrN4. The molecule has 0 radical (unpaired) electrons. The number of pyridine rings is 1. The molecule has 0 spiro atoms. The molecule has 1 atom stereocenters. The van der Waals surface area contributed by atoms with E-state index in [1.54, 1.807) is 0 Å². The summed E-state index contributed by atoms with van der Waals surface area (Å²) in [7, 11) is 0. The van der Waals surface area contributed by atoms with Gasteiger partial charge in [0.1, 0.15) is 10.4 Å². The number of rotatable bonds is 4. The first-order valence-electron chi connectivity index (χ1n) is 6.52. The number of H-pyrrole nitrogens is 1. The molecule has 0 saturated heterocycles. The molecule has 0 aliphatic heterocycles. The molecule has 2 N–H and O–H groups in total. The normalized spacial score (nSPS) is 12.7. The number of para-hydroxylation sites is 2. The van der Waals surface area contributed by atoms with E-state index in [-0.39, 0.29) is 6.04 Å². The van der Waals surface area contributed by atoms with Crippen LogP contribution in [0.5, 0.6) is 0 Å². The van der Waals surface area contributed by atoms with Gasteiger partial charge in [-0.3, -0.25) is 0 Å². The minimum absolute atomic E-state index is 0.142. The van der Waals surface area contributed by atoms with Crippen LogP contribution in [0.15, 0.2) is 47.1 Å². The first-order chi connectivity index (χ1) is 9.72. The van der Waals surface area contributed by atoms with Crippen molar-refractivity contribution in [1.82, 2.24) is 20.3 Å². The standard InChI is InChI=1S/C15H15BrN4/c1-10(17-9-11-5-4-8-14(16)18-11)15-19-12-6-2-3-7-13(12)20-15/h2-8,10,17H,9H2,1H3,(H,19,20). The van der Waals surface area contributed by atoms with Gasteiger partial charge in [0.25, 0.3) is 0 Å². The number of imidazole rings is 1. The fourth-order valence-corrected chi connectivity index (χ4v) is 2.46. The molecule has 0 bridgehead atoms. The van der Waals surface area contributed by atoms with E-state index < -0.39 is 0 Å². The molecule has 3 rings (SSSR count). The highest BCUT2D eigenvalue weighted by Crippen LogP contribution is 2.16. The minimum atomic E-state index is 0.142. The number of aromatic amines is 1. The van der Waals surface area contributed by atoms with Crippen molar-refractivity contribution in [2.75, 3.05) is 0 Å². The van der Waals surface area contributed by atoms with E-state index >= 15 is 0 Å². The van der Waals surface area contributed by atoms with Crippen molar-refractivity contribution in [3.8, 4) is 0 Å². The van der Waals surface area contributed by atoms with E-state index in [4.69, 9.17) is 0 Å². The fourth-order valence-electron chi connectivity index (χ4n) is 2.08. The van der Waals surface area contributed by atoms with Gasteiger partial charge < -0.3 is 10.3 Å². The second-order valence-corrected chi connectivity index (χ2v) is 5.51. The van der Waals surface area contributed by atoms with Crippen LogP contribution in [0.1, 0.15) is 24.5 Å². The largest absolute Gasteiger partial charge is 0.341 e. The highest BCUT2D eigenvalue weighted by molar-refractivity contribution is 9.10. The number of halogens is 1. The maximum Gasteiger partial charge on any atom is 0.124 e. The van der Waals surface area contributed by atoms with E-state index in [1.807, 2.05) is 42.5 Å². The zero-order valence-electron chi connectivity index (χ0n) is 11.1. The van der Waals surface area contributed by atoms with Gasteiger partial charge in [-0.25, -0.2) is 9.97 Å². The molecule has 1 aromatic carbocycles. The van der Waals surface area contributed by atoms with E-state index in [1.165, 1.54) is 0 Å². The smallest absolute Gasteiger partial charge is 0.124 e. The quantitative estimate of drug-likeness (QED) is 0.719. The number of hydrogen-bond acceptors (Lipinski definition) is 3. The Morgan fingerprint density at radius 1 is 1.15 bits per heavy atom. The van der Waals surface area contributed by atoms with Gasteiger partial charge in [0, 0.05) is 6.54 Å². The van der Waals surface area contributed by atoms with Crippen molar-refractivity contribution in [3.63, 3.8) is 0 Å². The van der Waals surface area contributed by atoms with E-state index in [0.29, 0.717) is 6.54 Å². The van der Waals surface area contributed by atoms with Crippen molar-refractivity contribution in [2.24, 2.45) is 0 Å². The third-order valence-electron chi connectivity index (χ3n) is 3.18. The summed E-state index contributed by atoms with van der Waals surface area (Å²) in [6, 6.07) is 14.1. The number of fused-ring (bicyclic) bond motifs is 1. The molecule has 0 fully saturated rings. The lowest BCUT2D eigenvalue weighted by atomic mass is 10.3. The van der Waals surface area contributed by atoms with Crippen molar-refractivity contribution in [1.29, 1.82) is 0 Å². The van der Waals surface area contributed by atoms with Crippen molar-refractivity contribution < 1.29 is 0 Å². The molecule has 3 aromatic rings. The first-order valence-corrected chi connectivity index (χ1v) is 7.31. The second kappa shape index (κ2) is 5.73. The van der Waals surface area contributed by atoms with Crippen molar-refractivity contribution in [2.45, 2.75) is 19.5 Å². The second-order valence-electron chi connectivity index (χ2n) is 4.69. The van der Waals surface area contributed by atoms with Crippen LogP contribution in [0.25, 0.3) is 11.0 Å². The number of nitrogens with zero attached hydrogens (tertiary/aromatic N) is 2. The van der Waals surface area contributed by atoms with Crippen LogP contribution in [-0.4, -0.2) is 15.0 Å². The van der Waals surface area contributed by atoms with Gasteiger partial charge in [0.15, 0.2) is 0 Å². The van der Waals surface area contributed by atoms with Crippen LogP contribution in [-0.2, 0) is 6.54 Å². The third kappa shape index (κ3) is 2.89. The zero-order valence-corrected chi connectivity index (χ0v) is 12.7. The van der Waals surface area contributed by atoms with Crippen LogP contribution in [0.2, 0.25) is 0 Å². The Hall–Kier alpha value is -1.72. The van der Waals surface area contributed by atoms with Gasteiger partial charge in [0.05, 0.1) is 22.8 Å². The summed E-state index contributed by atoms with van der Waals surface area (Å²) in [6.07, 6.45) is 0. The van der Waals surface area contributed by atoms with Gasteiger partial charge in [0.2, 0.25) is 0 Å². The number of nitrogens with one attached hydrogen (secondary N) is 2. The maximum absolute atomic E-state index is 4.59. The number of benzene rings is 1. The summed E-state index contributed by atoms with van der Waals surface area (Å²) in [5.74, 6) is 0.946. The van der Waals surface area contributed by atoms with Crippen LogP contribution in [0.4, 0.5) is 0 Å². The molecule has 4 nitrogen and oxygen atoms in total. The lowest BCUT2D eigenvalue weighted by Gasteiger charge is -2.10. The van der Waals surface area contributed by atoms with Crippen molar-refractivity contribution >= 4 is 27.0 Å². The average molecular weight is 331 g/mol. The molecule has 0 amide bonds. The summed E-state index contributed by atoms with van der Waals surface area (Å²) in [4.78, 5) is 12.3. The SMILES string of the molecule is CC(NCc1cccc(Br)n1)c1nc2ccccc2[nH]1. The Kier molecular flexibility index (Phi) is 3.80. The lowest BCUT2D eigenvalue weighted by Crippen LogP contribution is -2.19. The number of aromatic nitrogens is 3. The predicted octanol–water partition coefficient (Wildman–Crippen LogP) is 3.57. The van der Waals surface area contributed by atoms with Gasteiger partial charge in [-0.2, -0.15) is 0 Å². The first kappa shape index (κ1) is 13.3. The molecule has 1 unspecified atom stereocenters. The van der Waals surface area contributed by atoms with Gasteiger partial charge in [-0.05, 0) is 47.1 Å². The fraction of sp³-hybridized carbons (Fsp3) is 0.200. The summed E-state index contributed by atoms with van der Waals surface area (Å²) < 4.78 is 0.855. The molecule has 0 aliphatic carbocycles. The summed E-state index contributed by atoms with van der Waals surface area (Å²) >= 11 is 3.38. The minimum Gasteiger partial charge on any atom is -0.341 e.